The largest absolute Gasteiger partial charge is 0.382 e. The number of aromatic amines is 1. The fraction of sp³-hybridized carbons (Fsp3) is 0.455. The zero-order valence-electron chi connectivity index (χ0n) is 17.1. The molecule has 6 nitrogen and oxygen atoms in total. The van der Waals surface area contributed by atoms with Crippen molar-refractivity contribution in [3.05, 3.63) is 53.6 Å². The normalized spacial score (nSPS) is 16.7. The van der Waals surface area contributed by atoms with Crippen molar-refractivity contribution in [3.8, 4) is 0 Å². The van der Waals surface area contributed by atoms with Crippen LogP contribution in [0, 0.1) is 0 Å². The van der Waals surface area contributed by atoms with Crippen LogP contribution >= 0.6 is 0 Å². The van der Waals surface area contributed by atoms with Crippen LogP contribution in [0.15, 0.2) is 36.5 Å². The average Bonchev–Trinajstić information content (AvgIpc) is 3.10. The Morgan fingerprint density at radius 3 is 2.93 bits per heavy atom. The van der Waals surface area contributed by atoms with Crippen LogP contribution in [0.2, 0.25) is 0 Å². The van der Waals surface area contributed by atoms with Gasteiger partial charge < -0.3 is 15.2 Å². The number of benzene rings is 1. The molecule has 3 aromatic rings. The molecule has 0 fully saturated rings. The Balaban J connectivity index is 1.51. The first kappa shape index (κ1) is 18.9. The van der Waals surface area contributed by atoms with Crippen molar-refractivity contribution in [1.82, 2.24) is 24.8 Å². The maximum atomic E-state index is 4.91. The molecule has 2 heterocycles. The number of aryl methyl sites for hydroxylation is 1. The number of aromatic nitrogens is 3. The molecule has 6 heteroatoms. The Kier molecular flexibility index (Phi) is 5.59. The predicted octanol–water partition coefficient (Wildman–Crippen LogP) is 3.44. The van der Waals surface area contributed by atoms with Gasteiger partial charge in [0.15, 0.2) is 0 Å². The molecule has 0 aliphatic heterocycles. The Hall–Kier alpha value is -2.44. The number of imidazole rings is 1. The van der Waals surface area contributed by atoms with Crippen LogP contribution in [0.3, 0.4) is 0 Å². The SMILES string of the molecule is CN(C)CCNc1cccc2[nH]c(CN(C)C3CCCc4cccnc43)nc12. The molecule has 1 unspecified atom stereocenters. The van der Waals surface area contributed by atoms with E-state index >= 15 is 0 Å². The summed E-state index contributed by atoms with van der Waals surface area (Å²) in [6.45, 7) is 2.68. The second kappa shape index (κ2) is 8.29. The first-order valence-corrected chi connectivity index (χ1v) is 10.1. The summed E-state index contributed by atoms with van der Waals surface area (Å²) < 4.78 is 0. The standard InChI is InChI=1S/C22H30N6/c1-27(2)14-13-23-17-9-5-10-18-22(17)26-20(25-18)15-28(3)19-11-4-7-16-8-6-12-24-21(16)19/h5-6,8-10,12,19,23H,4,7,11,13-15H2,1-3H3,(H,25,26). The highest BCUT2D eigenvalue weighted by Crippen LogP contribution is 2.32. The maximum Gasteiger partial charge on any atom is 0.121 e. The van der Waals surface area contributed by atoms with Gasteiger partial charge in [-0.25, -0.2) is 4.98 Å². The smallest absolute Gasteiger partial charge is 0.121 e. The fourth-order valence-corrected chi connectivity index (χ4v) is 4.08. The van der Waals surface area contributed by atoms with Crippen LogP contribution in [-0.4, -0.2) is 59.0 Å². The van der Waals surface area contributed by atoms with E-state index < -0.39 is 0 Å². The van der Waals surface area contributed by atoms with Gasteiger partial charge >= 0.3 is 0 Å². The molecule has 0 spiro atoms. The van der Waals surface area contributed by atoms with E-state index in [1.165, 1.54) is 17.7 Å². The van der Waals surface area contributed by atoms with Gasteiger partial charge in [-0.1, -0.05) is 12.1 Å². The third-order valence-electron chi connectivity index (χ3n) is 5.53. The van der Waals surface area contributed by atoms with Crippen LogP contribution < -0.4 is 5.32 Å². The van der Waals surface area contributed by atoms with E-state index in [-0.39, 0.29) is 0 Å². The molecule has 2 aromatic heterocycles. The summed E-state index contributed by atoms with van der Waals surface area (Å²) in [5, 5.41) is 3.51. The zero-order chi connectivity index (χ0) is 19.5. The molecule has 2 N–H and O–H groups in total. The third kappa shape index (κ3) is 4.03. The van der Waals surface area contributed by atoms with Crippen molar-refractivity contribution >= 4 is 16.7 Å². The van der Waals surface area contributed by atoms with Gasteiger partial charge in [-0.3, -0.25) is 9.88 Å². The number of pyridine rings is 1. The molecular weight excluding hydrogens is 348 g/mol. The van der Waals surface area contributed by atoms with E-state index in [2.05, 4.69) is 70.5 Å². The number of nitrogens with zero attached hydrogens (tertiary/aromatic N) is 4. The molecule has 0 radical (unpaired) electrons. The molecular formula is C22H30N6. The second-order valence-electron chi connectivity index (χ2n) is 7.99. The number of likely N-dealkylation sites (N-methyl/N-ethyl adjacent to an activating group) is 1. The molecule has 1 aliphatic rings. The van der Waals surface area contributed by atoms with Gasteiger partial charge in [-0.15, -0.1) is 0 Å². The number of rotatable bonds is 7. The Morgan fingerprint density at radius 2 is 2.07 bits per heavy atom. The lowest BCUT2D eigenvalue weighted by molar-refractivity contribution is 0.204. The number of anilines is 1. The lowest BCUT2D eigenvalue weighted by Gasteiger charge is -2.31. The molecule has 148 valence electrons. The fourth-order valence-electron chi connectivity index (χ4n) is 4.08. The Morgan fingerprint density at radius 1 is 1.18 bits per heavy atom. The van der Waals surface area contributed by atoms with Crippen LogP contribution in [0.1, 0.15) is 36.0 Å². The summed E-state index contributed by atoms with van der Waals surface area (Å²) >= 11 is 0. The number of hydrogen-bond acceptors (Lipinski definition) is 5. The van der Waals surface area contributed by atoms with Crippen molar-refractivity contribution < 1.29 is 0 Å². The molecule has 0 saturated heterocycles. The van der Waals surface area contributed by atoms with E-state index in [4.69, 9.17) is 4.98 Å². The van der Waals surface area contributed by atoms with E-state index in [0.717, 1.165) is 55.0 Å². The quantitative estimate of drug-likeness (QED) is 0.659. The summed E-state index contributed by atoms with van der Waals surface area (Å²) in [5.41, 5.74) is 5.82. The average molecular weight is 379 g/mol. The van der Waals surface area contributed by atoms with E-state index in [1.54, 1.807) is 0 Å². The molecule has 1 aliphatic carbocycles. The van der Waals surface area contributed by atoms with Crippen LogP contribution in [0.4, 0.5) is 5.69 Å². The minimum absolute atomic E-state index is 0.357. The number of para-hydroxylation sites is 1. The Labute approximate surface area is 167 Å². The van der Waals surface area contributed by atoms with Crippen LogP contribution in [-0.2, 0) is 13.0 Å². The summed E-state index contributed by atoms with van der Waals surface area (Å²) in [6, 6.07) is 10.9. The van der Waals surface area contributed by atoms with Gasteiger partial charge in [-0.05, 0) is 64.2 Å². The summed E-state index contributed by atoms with van der Waals surface area (Å²) in [7, 11) is 6.35. The molecule has 1 atom stereocenters. The van der Waals surface area contributed by atoms with Gasteiger partial charge in [0.1, 0.15) is 11.3 Å². The topological polar surface area (TPSA) is 60.1 Å². The van der Waals surface area contributed by atoms with Crippen molar-refractivity contribution in [1.29, 1.82) is 0 Å². The van der Waals surface area contributed by atoms with Gasteiger partial charge in [0.2, 0.25) is 0 Å². The van der Waals surface area contributed by atoms with Crippen LogP contribution in [0.5, 0.6) is 0 Å². The molecule has 0 bridgehead atoms. The Bertz CT molecular complexity index is 932. The number of hydrogen-bond donors (Lipinski definition) is 2. The molecule has 4 rings (SSSR count). The third-order valence-corrected chi connectivity index (χ3v) is 5.53. The van der Waals surface area contributed by atoms with E-state index in [9.17, 15) is 0 Å². The van der Waals surface area contributed by atoms with Crippen molar-refractivity contribution in [3.63, 3.8) is 0 Å². The lowest BCUT2D eigenvalue weighted by Crippen LogP contribution is -2.28. The van der Waals surface area contributed by atoms with Gasteiger partial charge in [0.25, 0.3) is 0 Å². The molecule has 1 aromatic carbocycles. The monoisotopic (exact) mass is 378 g/mol. The molecule has 0 saturated carbocycles. The minimum Gasteiger partial charge on any atom is -0.382 e. The van der Waals surface area contributed by atoms with Crippen molar-refractivity contribution in [2.24, 2.45) is 0 Å². The zero-order valence-corrected chi connectivity index (χ0v) is 17.1. The van der Waals surface area contributed by atoms with Crippen molar-refractivity contribution in [2.75, 3.05) is 39.5 Å². The summed E-state index contributed by atoms with van der Waals surface area (Å²) in [6.07, 6.45) is 5.42. The summed E-state index contributed by atoms with van der Waals surface area (Å²) in [5.74, 6) is 1.00. The maximum absolute atomic E-state index is 4.91. The number of H-pyrrole nitrogens is 1. The highest BCUT2D eigenvalue weighted by Gasteiger charge is 2.25. The lowest BCUT2D eigenvalue weighted by atomic mass is 9.91. The van der Waals surface area contributed by atoms with E-state index in [1.807, 2.05) is 12.3 Å². The number of fused-ring (bicyclic) bond motifs is 2. The minimum atomic E-state index is 0.357. The molecule has 0 amide bonds. The first-order chi connectivity index (χ1) is 13.6. The highest BCUT2D eigenvalue weighted by molar-refractivity contribution is 5.88. The number of nitrogens with one attached hydrogen (secondary N) is 2. The van der Waals surface area contributed by atoms with Crippen LogP contribution in [0.25, 0.3) is 11.0 Å². The van der Waals surface area contributed by atoms with Gasteiger partial charge in [0, 0.05) is 19.3 Å². The van der Waals surface area contributed by atoms with Gasteiger partial charge in [-0.2, -0.15) is 0 Å². The second-order valence-corrected chi connectivity index (χ2v) is 7.99. The highest BCUT2D eigenvalue weighted by atomic mass is 15.2. The predicted molar refractivity (Wildman–Crippen MR) is 115 cm³/mol. The molecule has 28 heavy (non-hydrogen) atoms. The first-order valence-electron chi connectivity index (χ1n) is 10.1. The van der Waals surface area contributed by atoms with Crippen molar-refractivity contribution in [2.45, 2.75) is 31.8 Å². The van der Waals surface area contributed by atoms with Gasteiger partial charge in [0.05, 0.1) is 29.5 Å². The van der Waals surface area contributed by atoms with E-state index in [0.29, 0.717) is 6.04 Å². The summed E-state index contributed by atoms with van der Waals surface area (Å²) in [4.78, 5) is 17.6.